The number of nitrogens with zero attached hydrogens (tertiary/aromatic N) is 3. The topological polar surface area (TPSA) is 66.7 Å². The molecule has 0 bridgehead atoms. The van der Waals surface area contributed by atoms with E-state index in [1.165, 1.54) is 19.3 Å². The van der Waals surface area contributed by atoms with Gasteiger partial charge in [-0.2, -0.15) is 0 Å². The van der Waals surface area contributed by atoms with E-state index in [0.29, 0.717) is 24.8 Å². The second kappa shape index (κ2) is 7.85. The van der Waals surface area contributed by atoms with Gasteiger partial charge >= 0.3 is 0 Å². The summed E-state index contributed by atoms with van der Waals surface area (Å²) in [5.74, 6) is 0.306. The minimum Gasteiger partial charge on any atom is -0.366 e. The molecule has 1 saturated heterocycles. The molecule has 0 spiro atoms. The van der Waals surface area contributed by atoms with Crippen molar-refractivity contribution in [2.45, 2.75) is 51.0 Å². The highest BCUT2D eigenvalue weighted by Crippen LogP contribution is 2.32. The van der Waals surface area contributed by atoms with Crippen LogP contribution in [0.15, 0.2) is 24.3 Å². The molecule has 6 heteroatoms. The van der Waals surface area contributed by atoms with Crippen LogP contribution in [-0.2, 0) is 4.79 Å². The summed E-state index contributed by atoms with van der Waals surface area (Å²) < 4.78 is 0. The predicted molar refractivity (Wildman–Crippen MR) is 97.7 cm³/mol. The molecular formula is C19H27N3O3. The van der Waals surface area contributed by atoms with E-state index in [1.54, 1.807) is 18.2 Å². The summed E-state index contributed by atoms with van der Waals surface area (Å²) >= 11 is 0. The molecule has 1 aliphatic heterocycles. The first kappa shape index (κ1) is 17.7. The number of para-hydroxylation sites is 2. The van der Waals surface area contributed by atoms with E-state index in [-0.39, 0.29) is 22.4 Å². The molecule has 1 aromatic rings. The highest BCUT2D eigenvalue weighted by atomic mass is 16.6. The monoisotopic (exact) mass is 345 g/mol. The van der Waals surface area contributed by atoms with Crippen LogP contribution in [0.5, 0.6) is 0 Å². The zero-order valence-corrected chi connectivity index (χ0v) is 14.9. The Balaban J connectivity index is 1.60. The second-order valence-electron chi connectivity index (χ2n) is 7.25. The first-order valence-electron chi connectivity index (χ1n) is 9.33. The van der Waals surface area contributed by atoms with Crippen molar-refractivity contribution < 1.29 is 9.72 Å². The predicted octanol–water partition coefficient (Wildman–Crippen LogP) is 3.60. The van der Waals surface area contributed by atoms with Crippen molar-refractivity contribution in [1.29, 1.82) is 0 Å². The van der Waals surface area contributed by atoms with Gasteiger partial charge in [-0.15, -0.1) is 0 Å². The van der Waals surface area contributed by atoms with Gasteiger partial charge in [0.2, 0.25) is 5.91 Å². The summed E-state index contributed by atoms with van der Waals surface area (Å²) in [5.41, 5.74) is 0.811. The summed E-state index contributed by atoms with van der Waals surface area (Å²) in [5, 5.41) is 11.2. The van der Waals surface area contributed by atoms with Crippen LogP contribution >= 0.6 is 0 Å². The summed E-state index contributed by atoms with van der Waals surface area (Å²) in [4.78, 5) is 27.7. The molecule has 6 nitrogen and oxygen atoms in total. The van der Waals surface area contributed by atoms with E-state index in [4.69, 9.17) is 0 Å². The molecule has 1 amide bonds. The summed E-state index contributed by atoms with van der Waals surface area (Å²) in [6.07, 6.45) is 7.50. The van der Waals surface area contributed by atoms with E-state index in [0.717, 1.165) is 25.7 Å². The molecule has 2 aliphatic rings. The number of nitro groups is 1. The van der Waals surface area contributed by atoms with Gasteiger partial charge in [0.05, 0.1) is 4.92 Å². The van der Waals surface area contributed by atoms with Gasteiger partial charge in [-0.1, -0.05) is 31.4 Å². The van der Waals surface area contributed by atoms with E-state index in [1.807, 2.05) is 22.9 Å². The molecule has 3 rings (SSSR count). The lowest BCUT2D eigenvalue weighted by Gasteiger charge is -2.37. The quantitative estimate of drug-likeness (QED) is 0.618. The summed E-state index contributed by atoms with van der Waals surface area (Å²) in [6.45, 7) is 1.39. The third-order valence-corrected chi connectivity index (χ3v) is 5.73. The summed E-state index contributed by atoms with van der Waals surface area (Å²) in [6, 6.07) is 7.26. The number of benzene rings is 1. The zero-order chi connectivity index (χ0) is 17.8. The zero-order valence-electron chi connectivity index (χ0n) is 14.9. The first-order valence-corrected chi connectivity index (χ1v) is 9.33. The van der Waals surface area contributed by atoms with Crippen molar-refractivity contribution in [1.82, 2.24) is 4.90 Å². The van der Waals surface area contributed by atoms with Crippen LogP contribution < -0.4 is 4.90 Å². The highest BCUT2D eigenvalue weighted by molar-refractivity contribution is 5.79. The number of piperidine rings is 1. The van der Waals surface area contributed by atoms with Crippen LogP contribution in [0.3, 0.4) is 0 Å². The lowest BCUT2D eigenvalue weighted by atomic mass is 9.91. The first-order chi connectivity index (χ1) is 12.1. The molecule has 0 atom stereocenters. The number of carbonyl (C=O) groups is 1. The largest absolute Gasteiger partial charge is 0.366 e. The van der Waals surface area contributed by atoms with Gasteiger partial charge in [-0.05, 0) is 31.7 Å². The Morgan fingerprint density at radius 1 is 1.12 bits per heavy atom. The maximum Gasteiger partial charge on any atom is 0.292 e. The van der Waals surface area contributed by atoms with Gasteiger partial charge in [0.25, 0.3) is 5.69 Å². The minimum atomic E-state index is -0.330. The number of anilines is 1. The number of hydrogen-bond donors (Lipinski definition) is 0. The van der Waals surface area contributed by atoms with Crippen LogP contribution in [0.4, 0.5) is 11.4 Å². The highest BCUT2D eigenvalue weighted by Gasteiger charge is 2.32. The molecule has 25 heavy (non-hydrogen) atoms. The van der Waals surface area contributed by atoms with Gasteiger partial charge in [0.15, 0.2) is 0 Å². The van der Waals surface area contributed by atoms with Crippen molar-refractivity contribution in [2.75, 3.05) is 25.0 Å². The smallest absolute Gasteiger partial charge is 0.292 e. The van der Waals surface area contributed by atoms with Gasteiger partial charge in [0.1, 0.15) is 5.69 Å². The molecule has 0 N–H and O–H groups in total. The molecule has 0 radical (unpaired) electrons. The number of rotatable bonds is 4. The lowest BCUT2D eigenvalue weighted by molar-refractivity contribution is -0.384. The van der Waals surface area contributed by atoms with Crippen molar-refractivity contribution >= 4 is 17.3 Å². The Morgan fingerprint density at radius 2 is 1.76 bits per heavy atom. The average Bonchev–Trinajstić information content (AvgIpc) is 2.67. The van der Waals surface area contributed by atoms with Crippen LogP contribution in [0.2, 0.25) is 0 Å². The van der Waals surface area contributed by atoms with Crippen molar-refractivity contribution in [3.63, 3.8) is 0 Å². The molecule has 1 saturated carbocycles. The Hall–Kier alpha value is -2.11. The Bertz CT molecular complexity index is 620. The van der Waals surface area contributed by atoms with Gasteiger partial charge in [-0.3, -0.25) is 14.9 Å². The van der Waals surface area contributed by atoms with Crippen LogP contribution in [-0.4, -0.2) is 41.9 Å². The van der Waals surface area contributed by atoms with Crippen LogP contribution in [0, 0.1) is 16.0 Å². The second-order valence-corrected chi connectivity index (χ2v) is 7.25. The third-order valence-electron chi connectivity index (χ3n) is 5.73. The fourth-order valence-corrected chi connectivity index (χ4v) is 4.19. The molecule has 0 unspecified atom stereocenters. The van der Waals surface area contributed by atoms with E-state index >= 15 is 0 Å². The van der Waals surface area contributed by atoms with E-state index in [2.05, 4.69) is 0 Å². The normalized spacial score (nSPS) is 19.6. The van der Waals surface area contributed by atoms with E-state index in [9.17, 15) is 14.9 Å². The SMILES string of the molecule is CN(C(=O)C1CCN(c2ccccc2[N+](=O)[O-])CC1)C1CCCCC1. The Morgan fingerprint density at radius 3 is 2.40 bits per heavy atom. The molecule has 2 fully saturated rings. The van der Waals surface area contributed by atoms with Crippen molar-refractivity contribution in [3.05, 3.63) is 34.4 Å². The maximum absolute atomic E-state index is 12.8. The van der Waals surface area contributed by atoms with Gasteiger partial charge in [-0.25, -0.2) is 0 Å². The molecular weight excluding hydrogens is 318 g/mol. The van der Waals surface area contributed by atoms with Crippen LogP contribution in [0.25, 0.3) is 0 Å². The fourth-order valence-electron chi connectivity index (χ4n) is 4.19. The van der Waals surface area contributed by atoms with E-state index < -0.39 is 0 Å². The summed E-state index contributed by atoms with van der Waals surface area (Å²) in [7, 11) is 1.95. The molecule has 1 aromatic carbocycles. The fraction of sp³-hybridized carbons (Fsp3) is 0.632. The van der Waals surface area contributed by atoms with Crippen LogP contribution in [0.1, 0.15) is 44.9 Å². The number of amides is 1. The standard InChI is InChI=1S/C19H27N3O3/c1-20(16-7-3-2-4-8-16)19(23)15-11-13-21(14-12-15)17-9-5-6-10-18(17)22(24)25/h5-6,9-10,15-16H,2-4,7-8,11-14H2,1H3. The Kier molecular flexibility index (Phi) is 5.56. The maximum atomic E-state index is 12.8. The third kappa shape index (κ3) is 3.94. The number of hydrogen-bond acceptors (Lipinski definition) is 4. The molecule has 1 heterocycles. The average molecular weight is 345 g/mol. The lowest BCUT2D eigenvalue weighted by Crippen LogP contribution is -2.45. The van der Waals surface area contributed by atoms with Gasteiger partial charge in [0, 0.05) is 38.2 Å². The molecule has 136 valence electrons. The molecule has 1 aliphatic carbocycles. The molecule has 0 aromatic heterocycles. The number of carbonyl (C=O) groups excluding carboxylic acids is 1. The van der Waals surface area contributed by atoms with Crippen molar-refractivity contribution in [3.8, 4) is 0 Å². The van der Waals surface area contributed by atoms with Gasteiger partial charge < -0.3 is 9.80 Å². The number of nitro benzene ring substituents is 1. The minimum absolute atomic E-state index is 0.0472. The van der Waals surface area contributed by atoms with Crippen molar-refractivity contribution in [2.24, 2.45) is 5.92 Å². The Labute approximate surface area is 148 Å².